The third-order valence-corrected chi connectivity index (χ3v) is 2.12. The van der Waals surface area contributed by atoms with Gasteiger partial charge in [0.1, 0.15) is 6.04 Å². The van der Waals surface area contributed by atoms with Crippen molar-refractivity contribution < 1.29 is 9.59 Å². The highest BCUT2D eigenvalue weighted by Gasteiger charge is 2.39. The van der Waals surface area contributed by atoms with Crippen molar-refractivity contribution in [3.63, 3.8) is 0 Å². The lowest BCUT2D eigenvalue weighted by Crippen LogP contribution is -2.57. The van der Waals surface area contributed by atoms with Gasteiger partial charge in [-0.3, -0.25) is 9.59 Å². The monoisotopic (exact) mass is 154 g/mol. The number of piperazine rings is 1. The Hall–Kier alpha value is -1.06. The van der Waals surface area contributed by atoms with E-state index >= 15 is 0 Å². The lowest BCUT2D eigenvalue weighted by atomic mass is 10.1. The quantitative estimate of drug-likeness (QED) is 0.509. The Labute approximate surface area is 64.3 Å². The van der Waals surface area contributed by atoms with Gasteiger partial charge >= 0.3 is 0 Å². The van der Waals surface area contributed by atoms with E-state index in [0.717, 1.165) is 12.8 Å². The molecule has 1 unspecified atom stereocenters. The summed E-state index contributed by atoms with van der Waals surface area (Å²) in [6.07, 6.45) is 2.14. The molecule has 2 N–H and O–H groups in total. The maximum absolute atomic E-state index is 11.1. The van der Waals surface area contributed by atoms with E-state index in [-0.39, 0.29) is 24.4 Å². The van der Waals surface area contributed by atoms with E-state index in [4.69, 9.17) is 0 Å². The zero-order valence-corrected chi connectivity index (χ0v) is 6.09. The number of carbonyl (C=O) groups is 2. The van der Waals surface area contributed by atoms with E-state index in [1.807, 2.05) is 0 Å². The zero-order chi connectivity index (χ0) is 7.84. The van der Waals surface area contributed by atoms with E-state index in [9.17, 15) is 9.59 Å². The molecule has 1 aliphatic carbocycles. The van der Waals surface area contributed by atoms with Gasteiger partial charge in [0.05, 0.1) is 6.54 Å². The summed E-state index contributed by atoms with van der Waals surface area (Å²) >= 11 is 0. The van der Waals surface area contributed by atoms with Crippen molar-refractivity contribution in [3.05, 3.63) is 0 Å². The minimum Gasteiger partial charge on any atom is -0.345 e. The highest BCUT2D eigenvalue weighted by molar-refractivity contribution is 5.95. The van der Waals surface area contributed by atoms with Crippen LogP contribution in [0.25, 0.3) is 0 Å². The molecular weight excluding hydrogens is 144 g/mol. The molecule has 0 bridgehead atoms. The van der Waals surface area contributed by atoms with Gasteiger partial charge < -0.3 is 10.6 Å². The second-order valence-corrected chi connectivity index (χ2v) is 3.10. The first-order valence-corrected chi connectivity index (χ1v) is 3.84. The lowest BCUT2D eigenvalue weighted by molar-refractivity contribution is -0.134. The minimum absolute atomic E-state index is 0.0212. The molecule has 1 saturated carbocycles. The van der Waals surface area contributed by atoms with Crippen molar-refractivity contribution in [1.29, 1.82) is 0 Å². The molecule has 0 aromatic heterocycles. The second-order valence-electron chi connectivity index (χ2n) is 3.10. The van der Waals surface area contributed by atoms with Crippen LogP contribution in [0.1, 0.15) is 12.8 Å². The molecule has 0 radical (unpaired) electrons. The summed E-state index contributed by atoms with van der Waals surface area (Å²) in [4.78, 5) is 21.9. The van der Waals surface area contributed by atoms with Gasteiger partial charge in [0.15, 0.2) is 0 Å². The molecule has 2 aliphatic rings. The summed E-state index contributed by atoms with van der Waals surface area (Å²) in [5, 5.41) is 5.23. The van der Waals surface area contributed by atoms with Crippen LogP contribution in [0.15, 0.2) is 0 Å². The van der Waals surface area contributed by atoms with E-state index in [0.29, 0.717) is 5.92 Å². The molecule has 1 saturated heterocycles. The summed E-state index contributed by atoms with van der Waals surface area (Å²) in [6, 6.07) is -0.240. The first-order chi connectivity index (χ1) is 5.27. The van der Waals surface area contributed by atoms with Gasteiger partial charge in [-0.05, 0) is 18.8 Å². The Bertz CT molecular complexity index is 210. The third-order valence-electron chi connectivity index (χ3n) is 2.12. The smallest absolute Gasteiger partial charge is 0.243 e. The molecule has 0 aromatic carbocycles. The van der Waals surface area contributed by atoms with E-state index in [1.54, 1.807) is 0 Å². The first kappa shape index (κ1) is 6.64. The van der Waals surface area contributed by atoms with Gasteiger partial charge in [-0.25, -0.2) is 0 Å². The third kappa shape index (κ3) is 1.20. The fourth-order valence-corrected chi connectivity index (χ4v) is 1.33. The van der Waals surface area contributed by atoms with E-state index in [1.165, 1.54) is 0 Å². The van der Waals surface area contributed by atoms with Crippen LogP contribution in [-0.4, -0.2) is 24.4 Å². The molecule has 60 valence electrons. The molecule has 1 atom stereocenters. The average Bonchev–Trinajstić information content (AvgIpc) is 2.76. The Kier molecular flexibility index (Phi) is 1.34. The van der Waals surface area contributed by atoms with Crippen LogP contribution in [0, 0.1) is 5.92 Å². The zero-order valence-electron chi connectivity index (χ0n) is 6.09. The molecule has 4 heteroatoms. The van der Waals surface area contributed by atoms with Crippen molar-refractivity contribution in [2.24, 2.45) is 5.92 Å². The second kappa shape index (κ2) is 2.22. The van der Waals surface area contributed by atoms with Crippen molar-refractivity contribution in [2.75, 3.05) is 6.54 Å². The molecule has 11 heavy (non-hydrogen) atoms. The van der Waals surface area contributed by atoms with Gasteiger partial charge in [-0.15, -0.1) is 0 Å². The summed E-state index contributed by atoms with van der Waals surface area (Å²) in [7, 11) is 0. The highest BCUT2D eigenvalue weighted by Crippen LogP contribution is 2.33. The van der Waals surface area contributed by atoms with Crippen molar-refractivity contribution in [1.82, 2.24) is 10.6 Å². The largest absolute Gasteiger partial charge is 0.345 e. The van der Waals surface area contributed by atoms with Crippen LogP contribution in [0.2, 0.25) is 0 Å². The average molecular weight is 154 g/mol. The predicted octanol–water partition coefficient (Wildman–Crippen LogP) is -0.989. The normalized spacial score (nSPS) is 31.1. The van der Waals surface area contributed by atoms with Crippen molar-refractivity contribution in [2.45, 2.75) is 18.9 Å². The Morgan fingerprint density at radius 2 is 2.00 bits per heavy atom. The highest BCUT2D eigenvalue weighted by atomic mass is 16.2. The number of nitrogens with one attached hydrogen (secondary N) is 2. The molecule has 2 amide bonds. The number of amides is 2. The van der Waals surface area contributed by atoms with E-state index in [2.05, 4.69) is 10.6 Å². The molecule has 0 aromatic rings. The number of hydrogen-bond donors (Lipinski definition) is 2. The molecule has 4 nitrogen and oxygen atoms in total. The van der Waals surface area contributed by atoms with Crippen LogP contribution >= 0.6 is 0 Å². The molecule has 1 aliphatic heterocycles. The maximum atomic E-state index is 11.1. The van der Waals surface area contributed by atoms with E-state index < -0.39 is 0 Å². The summed E-state index contributed by atoms with van der Waals surface area (Å²) in [5.74, 6) is 0.313. The minimum atomic E-state index is -0.240. The van der Waals surface area contributed by atoms with Crippen molar-refractivity contribution >= 4 is 11.8 Å². The van der Waals surface area contributed by atoms with Crippen LogP contribution < -0.4 is 10.6 Å². The lowest BCUT2D eigenvalue weighted by Gasteiger charge is -2.22. The van der Waals surface area contributed by atoms with Crippen LogP contribution in [0.5, 0.6) is 0 Å². The summed E-state index contributed by atoms with van der Waals surface area (Å²) in [6.45, 7) is 0.141. The maximum Gasteiger partial charge on any atom is 0.243 e. The van der Waals surface area contributed by atoms with Crippen molar-refractivity contribution in [3.8, 4) is 0 Å². The molecule has 2 rings (SSSR count). The summed E-state index contributed by atoms with van der Waals surface area (Å²) < 4.78 is 0. The topological polar surface area (TPSA) is 58.2 Å². The van der Waals surface area contributed by atoms with Gasteiger partial charge in [0.25, 0.3) is 0 Å². The first-order valence-electron chi connectivity index (χ1n) is 3.84. The van der Waals surface area contributed by atoms with Crippen LogP contribution in [0.3, 0.4) is 0 Å². The van der Waals surface area contributed by atoms with Crippen LogP contribution in [-0.2, 0) is 9.59 Å². The molecule has 0 spiro atoms. The van der Waals surface area contributed by atoms with Gasteiger partial charge in [-0.1, -0.05) is 0 Å². The fraction of sp³-hybridized carbons (Fsp3) is 0.714. The Morgan fingerprint density at radius 3 is 2.64 bits per heavy atom. The van der Waals surface area contributed by atoms with Gasteiger partial charge in [0.2, 0.25) is 11.8 Å². The SMILES string of the molecule is O=C1CNC(=O)C(C2CC2)N1. The summed E-state index contributed by atoms with van der Waals surface area (Å²) in [5.41, 5.74) is 0. The number of carbonyl (C=O) groups excluding carboxylic acids is 2. The molecular formula is C7H10N2O2. The molecule has 2 fully saturated rings. The predicted molar refractivity (Wildman–Crippen MR) is 37.7 cm³/mol. The van der Waals surface area contributed by atoms with Gasteiger partial charge in [-0.2, -0.15) is 0 Å². The number of hydrogen-bond acceptors (Lipinski definition) is 2. The number of rotatable bonds is 1. The Balaban J connectivity index is 2.03. The fourth-order valence-electron chi connectivity index (χ4n) is 1.33. The van der Waals surface area contributed by atoms with Gasteiger partial charge in [0, 0.05) is 0 Å². The Morgan fingerprint density at radius 1 is 1.27 bits per heavy atom. The standard InChI is InChI=1S/C7H10N2O2/c10-5-3-8-7(11)6(9-5)4-1-2-4/h4,6H,1-3H2,(H,8,11)(H,9,10). The van der Waals surface area contributed by atoms with Crippen LogP contribution in [0.4, 0.5) is 0 Å². The molecule has 1 heterocycles.